The van der Waals surface area contributed by atoms with Gasteiger partial charge in [0.05, 0.1) is 0 Å². The van der Waals surface area contributed by atoms with Crippen LogP contribution in [0.2, 0.25) is 0 Å². The van der Waals surface area contributed by atoms with Crippen molar-refractivity contribution in [3.8, 4) is 5.75 Å². The number of allylic oxidation sites excluding steroid dienone is 2. The summed E-state index contributed by atoms with van der Waals surface area (Å²) in [6, 6.07) is 9.74. The number of benzene rings is 2. The van der Waals surface area contributed by atoms with Crippen molar-refractivity contribution in [3.63, 3.8) is 0 Å². The number of unbranched alkanes of at least 4 members (excludes halogenated alkanes) is 1. The maximum Gasteiger partial charge on any atom is 0.134 e. The second-order valence-corrected chi connectivity index (χ2v) is 9.95. The Kier molecular flexibility index (Phi) is 8.05. The topological polar surface area (TPSA) is 9.23 Å². The summed E-state index contributed by atoms with van der Waals surface area (Å²) in [5.41, 5.74) is 0.917. The van der Waals surface area contributed by atoms with Crippen molar-refractivity contribution >= 4 is 10.8 Å². The highest BCUT2D eigenvalue weighted by Crippen LogP contribution is 2.45. The van der Waals surface area contributed by atoms with Gasteiger partial charge in [-0.05, 0) is 111 Å². The molecule has 0 bridgehead atoms. The van der Waals surface area contributed by atoms with Gasteiger partial charge < -0.3 is 4.74 Å². The van der Waals surface area contributed by atoms with Crippen LogP contribution in [-0.4, -0.2) is 6.61 Å². The molecule has 0 heterocycles. The largest absolute Gasteiger partial charge is 0.490 e. The van der Waals surface area contributed by atoms with E-state index >= 15 is 4.39 Å². The Morgan fingerprint density at radius 3 is 2.38 bits per heavy atom. The molecular weight excluding hydrogens is 395 g/mol. The average molecular weight is 435 g/mol. The predicted octanol–water partition coefficient (Wildman–Crippen LogP) is 8.98. The summed E-state index contributed by atoms with van der Waals surface area (Å²) in [5, 5.41) is 1.62. The molecule has 0 amide bonds. The molecule has 0 unspecified atom stereocenters. The molecule has 1 nitrogen and oxygen atoms in total. The van der Waals surface area contributed by atoms with Gasteiger partial charge in [-0.2, -0.15) is 0 Å². The molecule has 2 aliphatic rings. The first-order chi connectivity index (χ1) is 15.7. The first-order valence-electron chi connectivity index (χ1n) is 12.8. The zero-order chi connectivity index (χ0) is 22.3. The summed E-state index contributed by atoms with van der Waals surface area (Å²) in [4.78, 5) is 0. The highest BCUT2D eigenvalue weighted by molar-refractivity contribution is 5.85. The Hall–Kier alpha value is -2.09. The van der Waals surface area contributed by atoms with Crippen molar-refractivity contribution in [1.82, 2.24) is 0 Å². The van der Waals surface area contributed by atoms with Gasteiger partial charge in [-0.15, -0.1) is 0 Å². The molecular formula is C30H39FO. The molecule has 2 heteroatoms. The molecule has 32 heavy (non-hydrogen) atoms. The maximum absolute atomic E-state index is 15.4. The fourth-order valence-corrected chi connectivity index (χ4v) is 6.01. The molecule has 2 aromatic carbocycles. The lowest BCUT2D eigenvalue weighted by Crippen LogP contribution is -2.25. The molecule has 4 rings (SSSR count). The molecule has 2 saturated carbocycles. The van der Waals surface area contributed by atoms with Crippen molar-refractivity contribution in [3.05, 3.63) is 66.5 Å². The lowest BCUT2D eigenvalue weighted by molar-refractivity contribution is 0.171. The number of hydrogen-bond donors (Lipinski definition) is 0. The fourth-order valence-electron chi connectivity index (χ4n) is 6.01. The number of fused-ring (bicyclic) bond motifs is 1. The first-order valence-corrected chi connectivity index (χ1v) is 12.8. The van der Waals surface area contributed by atoms with Crippen molar-refractivity contribution in [1.29, 1.82) is 0 Å². The molecule has 2 aliphatic carbocycles. The molecule has 0 N–H and O–H groups in total. The molecule has 0 radical (unpaired) electrons. The first kappa shape index (κ1) is 23.1. The lowest BCUT2D eigenvalue weighted by atomic mass is 9.68. The van der Waals surface area contributed by atoms with Gasteiger partial charge in [-0.3, -0.25) is 0 Å². The Morgan fingerprint density at radius 1 is 0.969 bits per heavy atom. The highest BCUT2D eigenvalue weighted by atomic mass is 19.1. The standard InChI is InChI=1S/C30H39FO/c1-3-5-6-7-22-8-10-23(11-9-22)24-12-14-25(15-13-24)28-18-16-26-21-27(32-20-4-2)17-19-29(26)30(28)31/h4,6-7,16-19,21-25H,2-3,5,8-15,20H2,1H3/b7-6+. The summed E-state index contributed by atoms with van der Waals surface area (Å²) >= 11 is 0. The van der Waals surface area contributed by atoms with Crippen LogP contribution < -0.4 is 4.74 Å². The van der Waals surface area contributed by atoms with Crippen LogP contribution in [0.3, 0.4) is 0 Å². The van der Waals surface area contributed by atoms with Gasteiger partial charge in [0.15, 0.2) is 0 Å². The van der Waals surface area contributed by atoms with E-state index in [0.29, 0.717) is 17.9 Å². The molecule has 0 atom stereocenters. The highest BCUT2D eigenvalue weighted by Gasteiger charge is 2.31. The van der Waals surface area contributed by atoms with Crippen molar-refractivity contribution in [2.75, 3.05) is 6.61 Å². The Bertz CT molecular complexity index is 914. The van der Waals surface area contributed by atoms with Gasteiger partial charge in [0.1, 0.15) is 18.2 Å². The van der Waals surface area contributed by atoms with E-state index in [1.54, 1.807) is 6.08 Å². The molecule has 0 spiro atoms. The third-order valence-electron chi connectivity index (χ3n) is 7.88. The monoisotopic (exact) mass is 434 g/mol. The van der Waals surface area contributed by atoms with E-state index in [9.17, 15) is 0 Å². The lowest BCUT2D eigenvalue weighted by Gasteiger charge is -2.37. The van der Waals surface area contributed by atoms with E-state index in [1.807, 2.05) is 24.3 Å². The van der Waals surface area contributed by atoms with Crippen LogP contribution in [-0.2, 0) is 0 Å². The smallest absolute Gasteiger partial charge is 0.134 e. The SMILES string of the molecule is C=CCOc1ccc2c(F)c(C3CCC(C4CCC(/C=C/CCC)CC4)CC3)ccc2c1. The normalized spacial score (nSPS) is 26.4. The van der Waals surface area contributed by atoms with E-state index in [1.165, 1.54) is 51.4 Å². The van der Waals surface area contributed by atoms with Gasteiger partial charge in [-0.25, -0.2) is 4.39 Å². The number of hydrogen-bond acceptors (Lipinski definition) is 1. The van der Waals surface area contributed by atoms with Gasteiger partial charge in [0.25, 0.3) is 0 Å². The van der Waals surface area contributed by atoms with Crippen molar-refractivity contribution < 1.29 is 9.13 Å². The van der Waals surface area contributed by atoms with Crippen LogP contribution in [0.4, 0.5) is 4.39 Å². The number of rotatable bonds is 8. The summed E-state index contributed by atoms with van der Waals surface area (Å²) in [6.45, 7) is 6.39. The third-order valence-corrected chi connectivity index (χ3v) is 7.88. The van der Waals surface area contributed by atoms with E-state index < -0.39 is 0 Å². The number of halogens is 1. The minimum atomic E-state index is -0.0272. The van der Waals surface area contributed by atoms with Crippen LogP contribution in [0.15, 0.2) is 55.1 Å². The van der Waals surface area contributed by atoms with Crippen molar-refractivity contribution in [2.45, 2.75) is 77.0 Å². The van der Waals surface area contributed by atoms with E-state index in [-0.39, 0.29) is 5.82 Å². The van der Waals surface area contributed by atoms with Gasteiger partial charge in [0, 0.05) is 5.39 Å². The minimum Gasteiger partial charge on any atom is -0.490 e. The summed E-state index contributed by atoms with van der Waals surface area (Å²) in [6.07, 6.45) is 19.3. The summed E-state index contributed by atoms with van der Waals surface area (Å²) < 4.78 is 21.0. The average Bonchev–Trinajstić information content (AvgIpc) is 2.84. The van der Waals surface area contributed by atoms with Gasteiger partial charge in [-0.1, -0.05) is 50.3 Å². The predicted molar refractivity (Wildman–Crippen MR) is 134 cm³/mol. The Morgan fingerprint density at radius 2 is 1.69 bits per heavy atom. The zero-order valence-electron chi connectivity index (χ0n) is 19.7. The molecule has 0 aromatic heterocycles. The Balaban J connectivity index is 1.34. The van der Waals surface area contributed by atoms with Crippen LogP contribution >= 0.6 is 0 Å². The summed E-state index contributed by atoms with van der Waals surface area (Å²) in [7, 11) is 0. The van der Waals surface area contributed by atoms with Crippen LogP contribution in [0.25, 0.3) is 10.8 Å². The molecule has 2 fully saturated rings. The maximum atomic E-state index is 15.4. The fraction of sp³-hybridized carbons (Fsp3) is 0.533. The van der Waals surface area contributed by atoms with Gasteiger partial charge in [0.2, 0.25) is 0 Å². The quantitative estimate of drug-likeness (QED) is 0.377. The molecule has 2 aromatic rings. The number of ether oxygens (including phenoxy) is 1. The van der Waals surface area contributed by atoms with Crippen LogP contribution in [0.5, 0.6) is 5.75 Å². The van der Waals surface area contributed by atoms with Crippen molar-refractivity contribution in [2.24, 2.45) is 17.8 Å². The molecule has 0 saturated heterocycles. The second kappa shape index (κ2) is 11.2. The zero-order valence-corrected chi connectivity index (χ0v) is 19.7. The van der Waals surface area contributed by atoms with E-state index in [4.69, 9.17) is 4.74 Å². The summed E-state index contributed by atoms with van der Waals surface area (Å²) in [5.74, 6) is 3.65. The van der Waals surface area contributed by atoms with E-state index in [2.05, 4.69) is 31.7 Å². The minimum absolute atomic E-state index is 0.0272. The van der Waals surface area contributed by atoms with Gasteiger partial charge >= 0.3 is 0 Å². The van der Waals surface area contributed by atoms with E-state index in [0.717, 1.165) is 47.3 Å². The van der Waals surface area contributed by atoms with Crippen LogP contribution in [0.1, 0.15) is 82.6 Å². The molecule has 0 aliphatic heterocycles. The Labute approximate surface area is 193 Å². The van der Waals surface area contributed by atoms with Crippen LogP contribution in [0, 0.1) is 23.6 Å². The third kappa shape index (κ3) is 5.45. The molecule has 172 valence electrons. The second-order valence-electron chi connectivity index (χ2n) is 9.95.